The minimum Gasteiger partial charge on any atom is -0.363 e. The van der Waals surface area contributed by atoms with Crippen LogP contribution in [0, 0.1) is 6.92 Å². The van der Waals surface area contributed by atoms with E-state index in [1.54, 1.807) is 0 Å². The van der Waals surface area contributed by atoms with E-state index in [0.717, 1.165) is 12.4 Å². The summed E-state index contributed by atoms with van der Waals surface area (Å²) in [7, 11) is 4.11. The third-order valence-corrected chi connectivity index (χ3v) is 4.72. The van der Waals surface area contributed by atoms with Crippen LogP contribution in [0.1, 0.15) is 42.0 Å². The molecule has 1 fully saturated rings. The third kappa shape index (κ3) is 3.73. The fourth-order valence-corrected chi connectivity index (χ4v) is 3.62. The van der Waals surface area contributed by atoms with Gasteiger partial charge in [-0.25, -0.2) is 4.98 Å². The number of benzene rings is 1. The van der Waals surface area contributed by atoms with E-state index in [0.29, 0.717) is 6.04 Å². The van der Waals surface area contributed by atoms with Gasteiger partial charge in [0.05, 0.1) is 0 Å². The van der Waals surface area contributed by atoms with Crippen LogP contribution in [0.4, 0.5) is 5.82 Å². The van der Waals surface area contributed by atoms with Gasteiger partial charge in [0.2, 0.25) is 0 Å². The Hall–Kier alpha value is -1.87. The number of hydrogen-bond donors (Lipinski definition) is 0. The summed E-state index contributed by atoms with van der Waals surface area (Å²) in [5, 5.41) is 0. The van der Waals surface area contributed by atoms with Gasteiger partial charge in [-0.3, -0.25) is 4.90 Å². The van der Waals surface area contributed by atoms with Gasteiger partial charge in [0.15, 0.2) is 0 Å². The van der Waals surface area contributed by atoms with Crippen molar-refractivity contribution in [1.29, 1.82) is 0 Å². The van der Waals surface area contributed by atoms with Crippen molar-refractivity contribution in [2.24, 2.45) is 0 Å². The zero-order valence-corrected chi connectivity index (χ0v) is 14.5. The fourth-order valence-electron chi connectivity index (χ4n) is 3.62. The number of hydrogen-bond acceptors (Lipinski definition) is 3. The van der Waals surface area contributed by atoms with Crippen LogP contribution in [0.3, 0.4) is 0 Å². The van der Waals surface area contributed by atoms with E-state index in [1.165, 1.54) is 42.5 Å². The van der Waals surface area contributed by atoms with Gasteiger partial charge >= 0.3 is 0 Å². The second-order valence-electron chi connectivity index (χ2n) is 6.77. The molecule has 1 aliphatic heterocycles. The van der Waals surface area contributed by atoms with Crippen LogP contribution < -0.4 is 4.90 Å². The molecular formula is C20H27N3. The van der Waals surface area contributed by atoms with Crippen molar-refractivity contribution in [3.05, 3.63) is 59.3 Å². The summed E-state index contributed by atoms with van der Waals surface area (Å²) in [6.45, 7) is 4.37. The lowest BCUT2D eigenvalue weighted by Gasteiger charge is -2.36. The summed E-state index contributed by atoms with van der Waals surface area (Å²) in [6, 6.07) is 13.6. The summed E-state index contributed by atoms with van der Waals surface area (Å²) in [6.07, 6.45) is 5.92. The van der Waals surface area contributed by atoms with Gasteiger partial charge in [-0.2, -0.15) is 0 Å². The van der Waals surface area contributed by atoms with Gasteiger partial charge in [-0.1, -0.05) is 36.8 Å². The predicted octanol–water partition coefficient (Wildman–Crippen LogP) is 4.18. The maximum atomic E-state index is 4.69. The van der Waals surface area contributed by atoms with Gasteiger partial charge in [0.25, 0.3) is 0 Å². The molecule has 122 valence electrons. The highest BCUT2D eigenvalue weighted by Crippen LogP contribution is 2.33. The highest BCUT2D eigenvalue weighted by atomic mass is 15.2. The highest BCUT2D eigenvalue weighted by molar-refractivity contribution is 5.46. The molecule has 2 aromatic rings. The molecule has 0 saturated carbocycles. The Kier molecular flexibility index (Phi) is 4.97. The molecule has 0 aliphatic carbocycles. The van der Waals surface area contributed by atoms with E-state index >= 15 is 0 Å². The van der Waals surface area contributed by atoms with Gasteiger partial charge in [-0.15, -0.1) is 0 Å². The first-order valence-electron chi connectivity index (χ1n) is 8.57. The minimum absolute atomic E-state index is 0.492. The van der Waals surface area contributed by atoms with Crippen molar-refractivity contribution in [3.8, 4) is 0 Å². The second kappa shape index (κ2) is 7.14. The highest BCUT2D eigenvalue weighted by Gasteiger charge is 2.24. The summed E-state index contributed by atoms with van der Waals surface area (Å²) >= 11 is 0. The smallest absolute Gasteiger partial charge is 0.130 e. The molecule has 1 aromatic carbocycles. The molecule has 1 aromatic heterocycles. The first kappa shape index (κ1) is 16.0. The number of likely N-dealkylation sites (tertiary alicyclic amines) is 1. The second-order valence-corrected chi connectivity index (χ2v) is 6.77. The van der Waals surface area contributed by atoms with Crippen LogP contribution in [-0.2, 0) is 6.54 Å². The fraction of sp³-hybridized carbons (Fsp3) is 0.450. The van der Waals surface area contributed by atoms with Crippen molar-refractivity contribution in [3.63, 3.8) is 0 Å². The Morgan fingerprint density at radius 3 is 2.65 bits per heavy atom. The minimum atomic E-state index is 0.492. The quantitative estimate of drug-likeness (QED) is 0.844. The van der Waals surface area contributed by atoms with Crippen molar-refractivity contribution in [2.75, 3.05) is 25.5 Å². The largest absolute Gasteiger partial charge is 0.363 e. The van der Waals surface area contributed by atoms with Crippen molar-refractivity contribution >= 4 is 5.82 Å². The summed E-state index contributed by atoms with van der Waals surface area (Å²) in [5.74, 6) is 1.07. The molecule has 0 radical (unpaired) electrons. The Bertz CT molecular complexity index is 637. The van der Waals surface area contributed by atoms with E-state index < -0.39 is 0 Å². The normalized spacial score (nSPS) is 18.8. The summed E-state index contributed by atoms with van der Waals surface area (Å²) in [5.41, 5.74) is 4.02. The molecule has 1 atom stereocenters. The van der Waals surface area contributed by atoms with Crippen LogP contribution in [0.2, 0.25) is 0 Å². The Morgan fingerprint density at radius 2 is 1.96 bits per heavy atom. The van der Waals surface area contributed by atoms with E-state index in [9.17, 15) is 0 Å². The van der Waals surface area contributed by atoms with E-state index in [4.69, 9.17) is 4.98 Å². The molecule has 3 heteroatoms. The van der Waals surface area contributed by atoms with E-state index in [-0.39, 0.29) is 0 Å². The Morgan fingerprint density at radius 1 is 1.17 bits per heavy atom. The number of anilines is 1. The van der Waals surface area contributed by atoms with Gasteiger partial charge < -0.3 is 4.90 Å². The molecule has 1 saturated heterocycles. The Labute approximate surface area is 140 Å². The van der Waals surface area contributed by atoms with E-state index in [1.807, 2.05) is 0 Å². The number of rotatable bonds is 4. The average Bonchev–Trinajstić information content (AvgIpc) is 2.56. The standard InChI is InChI=1S/C20H27N3/c1-16-13-18(14-21-20(16)22(2)3)19-11-7-8-12-23(19)15-17-9-5-4-6-10-17/h4-6,9-10,13-14,19H,7-8,11-12,15H2,1-3H3/t19-/m1/s1. The summed E-state index contributed by atoms with van der Waals surface area (Å²) < 4.78 is 0. The first-order chi connectivity index (χ1) is 11.1. The number of aromatic nitrogens is 1. The molecule has 1 aliphatic rings. The number of aryl methyl sites for hydroxylation is 1. The molecule has 0 bridgehead atoms. The van der Waals surface area contributed by atoms with Crippen LogP contribution in [0.5, 0.6) is 0 Å². The lowest BCUT2D eigenvalue weighted by molar-refractivity contribution is 0.140. The zero-order valence-electron chi connectivity index (χ0n) is 14.5. The third-order valence-electron chi connectivity index (χ3n) is 4.72. The van der Waals surface area contributed by atoms with Crippen molar-refractivity contribution in [2.45, 2.75) is 38.8 Å². The maximum absolute atomic E-state index is 4.69. The topological polar surface area (TPSA) is 19.4 Å². The molecule has 0 unspecified atom stereocenters. The van der Waals surface area contributed by atoms with Crippen molar-refractivity contribution < 1.29 is 0 Å². The summed E-state index contributed by atoms with van der Waals surface area (Å²) in [4.78, 5) is 9.39. The van der Waals surface area contributed by atoms with Crippen LogP contribution in [0.25, 0.3) is 0 Å². The van der Waals surface area contributed by atoms with Crippen LogP contribution >= 0.6 is 0 Å². The van der Waals surface area contributed by atoms with E-state index in [2.05, 4.69) is 73.4 Å². The molecule has 2 heterocycles. The molecule has 3 rings (SSSR count). The van der Waals surface area contributed by atoms with Gasteiger partial charge in [-0.05, 0) is 49.1 Å². The van der Waals surface area contributed by atoms with Crippen LogP contribution in [0.15, 0.2) is 42.6 Å². The van der Waals surface area contributed by atoms with Crippen molar-refractivity contribution in [1.82, 2.24) is 9.88 Å². The lowest BCUT2D eigenvalue weighted by atomic mass is 9.95. The molecule has 3 nitrogen and oxygen atoms in total. The number of piperidine rings is 1. The molecule has 23 heavy (non-hydrogen) atoms. The predicted molar refractivity (Wildman–Crippen MR) is 96.7 cm³/mol. The molecule has 0 amide bonds. The lowest BCUT2D eigenvalue weighted by Crippen LogP contribution is -2.33. The number of pyridine rings is 1. The average molecular weight is 309 g/mol. The molecule has 0 spiro atoms. The maximum Gasteiger partial charge on any atom is 0.130 e. The van der Waals surface area contributed by atoms with Gasteiger partial charge in [0, 0.05) is 32.9 Å². The monoisotopic (exact) mass is 309 g/mol. The molecular weight excluding hydrogens is 282 g/mol. The first-order valence-corrected chi connectivity index (χ1v) is 8.57. The molecule has 0 N–H and O–H groups in total. The number of nitrogens with zero attached hydrogens (tertiary/aromatic N) is 3. The zero-order chi connectivity index (χ0) is 16.2. The Balaban J connectivity index is 1.82. The SMILES string of the molecule is Cc1cc([C@H]2CCCCN2Cc2ccccc2)cnc1N(C)C. The van der Waals surface area contributed by atoms with Crippen LogP contribution in [-0.4, -0.2) is 30.5 Å². The van der Waals surface area contributed by atoms with Gasteiger partial charge in [0.1, 0.15) is 5.82 Å².